The molecule has 1 heterocycles. The van der Waals surface area contributed by atoms with Crippen molar-refractivity contribution in [2.45, 2.75) is 32.4 Å². The first-order valence-corrected chi connectivity index (χ1v) is 11.9. The highest BCUT2D eigenvalue weighted by atomic mass is 28.3. The monoisotopic (exact) mass is 324 g/mol. The first-order chi connectivity index (χ1) is 11.0. The van der Waals surface area contributed by atoms with E-state index in [1.165, 1.54) is 37.5 Å². The normalized spacial score (nSPS) is 24.3. The summed E-state index contributed by atoms with van der Waals surface area (Å²) in [6.07, 6.45) is 3.83. The van der Waals surface area contributed by atoms with E-state index in [-0.39, 0.29) is 0 Å². The lowest BCUT2D eigenvalue weighted by Gasteiger charge is -2.21. The van der Waals surface area contributed by atoms with Gasteiger partial charge < -0.3 is 9.62 Å². The van der Waals surface area contributed by atoms with Gasteiger partial charge in [-0.2, -0.15) is 0 Å². The fraction of sp³-hybridized carbons (Fsp3) is 0.474. The highest BCUT2D eigenvalue weighted by Gasteiger charge is 2.31. The van der Waals surface area contributed by atoms with Crippen molar-refractivity contribution in [3.8, 4) is 0 Å². The Morgan fingerprint density at radius 2 is 1.57 bits per heavy atom. The van der Waals surface area contributed by atoms with Crippen molar-refractivity contribution in [3.63, 3.8) is 0 Å². The summed E-state index contributed by atoms with van der Waals surface area (Å²) in [7, 11) is 2.98. The lowest BCUT2D eigenvalue weighted by atomic mass is 9.72. The molecule has 2 aliphatic rings. The summed E-state index contributed by atoms with van der Waals surface area (Å²) in [5.41, 5.74) is 5.88. The number of likely N-dealkylation sites (N-methyl/N-ethyl adjacent to an activating group) is 2. The Morgan fingerprint density at radius 1 is 0.957 bits per heavy atom. The summed E-state index contributed by atoms with van der Waals surface area (Å²) >= 11 is 0. The van der Waals surface area contributed by atoms with Crippen LogP contribution in [0.15, 0.2) is 53.2 Å². The molecule has 1 saturated heterocycles. The van der Waals surface area contributed by atoms with E-state index in [0.717, 1.165) is 0 Å². The molecule has 0 unspecified atom stereocenters. The van der Waals surface area contributed by atoms with E-state index in [1.54, 1.807) is 11.1 Å². The number of nitrogens with zero attached hydrogens (tertiary/aromatic N) is 2. The molecule has 1 aliphatic carbocycles. The first kappa shape index (κ1) is 16.7. The van der Waals surface area contributed by atoms with Crippen LogP contribution in [0.3, 0.4) is 0 Å². The molecule has 1 aromatic carbocycles. The summed E-state index contributed by atoms with van der Waals surface area (Å²) in [6, 6.07) is 11.1. The average molecular weight is 324 g/mol. The minimum absolute atomic E-state index is 0.480. The minimum atomic E-state index is -1.51. The van der Waals surface area contributed by atoms with E-state index in [2.05, 4.69) is 78.8 Å². The van der Waals surface area contributed by atoms with Gasteiger partial charge in [0, 0.05) is 13.1 Å². The zero-order valence-corrected chi connectivity index (χ0v) is 16.0. The summed E-state index contributed by atoms with van der Waals surface area (Å²) < 4.78 is 0. The molecule has 1 aromatic rings. The van der Waals surface area contributed by atoms with Crippen LogP contribution in [0.25, 0.3) is 0 Å². The molecule has 0 spiro atoms. The molecule has 23 heavy (non-hydrogen) atoms. The molecule has 1 saturated carbocycles. The van der Waals surface area contributed by atoms with Crippen LogP contribution >= 0.6 is 0 Å². The number of benzene rings is 1. The Balaban J connectivity index is 1.86. The third kappa shape index (κ3) is 3.70. The highest BCUT2D eigenvalue weighted by molar-refractivity contribution is 6.94. The predicted octanol–water partition coefficient (Wildman–Crippen LogP) is 3.08. The second-order valence-electron chi connectivity index (χ2n) is 7.68. The Kier molecular flexibility index (Phi) is 4.95. The van der Waals surface area contributed by atoms with Gasteiger partial charge in [-0.15, -0.1) is 0 Å². The van der Waals surface area contributed by atoms with Gasteiger partial charge in [0.2, 0.25) is 0 Å². The van der Waals surface area contributed by atoms with Crippen molar-refractivity contribution >= 4 is 20.2 Å². The van der Waals surface area contributed by atoms with Gasteiger partial charge in [0.1, 0.15) is 8.07 Å². The van der Waals surface area contributed by atoms with Gasteiger partial charge in [-0.05, 0) is 33.4 Å². The van der Waals surface area contributed by atoms with Crippen LogP contribution in [0, 0.1) is 0 Å². The molecule has 0 atom stereocenters. The standard InChI is InChI=1S/C19H29BN2Si/c1-21-13-14-22(2)20(21)15-17-9-8-10-18(17)16-23(3,4)19-11-6-5-7-12-19/h5-7,11-12,15-16H,8-10,13-14H2,1-4H3/b17-15?,18-16-. The molecular weight excluding hydrogens is 295 g/mol. The largest absolute Gasteiger partial charge is 0.338 e. The molecule has 3 rings (SSSR count). The molecule has 0 radical (unpaired) electrons. The van der Waals surface area contributed by atoms with Crippen molar-refractivity contribution < 1.29 is 0 Å². The number of rotatable bonds is 3. The van der Waals surface area contributed by atoms with Crippen molar-refractivity contribution in [1.82, 2.24) is 9.62 Å². The molecule has 2 nitrogen and oxygen atoms in total. The molecule has 122 valence electrons. The Hall–Kier alpha value is -1.10. The van der Waals surface area contributed by atoms with Gasteiger partial charge in [0.15, 0.2) is 0 Å². The van der Waals surface area contributed by atoms with Gasteiger partial charge in [-0.3, -0.25) is 0 Å². The average Bonchev–Trinajstić information content (AvgIpc) is 3.09. The van der Waals surface area contributed by atoms with Crippen LogP contribution in [0.2, 0.25) is 13.1 Å². The second-order valence-corrected chi connectivity index (χ2v) is 12.0. The van der Waals surface area contributed by atoms with E-state index in [4.69, 9.17) is 0 Å². The van der Waals surface area contributed by atoms with E-state index >= 15 is 0 Å². The van der Waals surface area contributed by atoms with E-state index < -0.39 is 8.07 Å². The van der Waals surface area contributed by atoms with E-state index in [9.17, 15) is 0 Å². The first-order valence-electron chi connectivity index (χ1n) is 8.86. The Bertz CT molecular complexity index is 599. The maximum atomic E-state index is 2.65. The predicted molar refractivity (Wildman–Crippen MR) is 105 cm³/mol. The molecule has 0 amide bonds. The molecule has 4 heteroatoms. The molecular formula is C19H29BN2Si. The number of hydrogen-bond donors (Lipinski definition) is 0. The zero-order chi connectivity index (χ0) is 16.4. The van der Waals surface area contributed by atoms with Crippen LogP contribution in [-0.4, -0.2) is 51.9 Å². The smallest absolute Gasteiger partial charge is 0.326 e. The van der Waals surface area contributed by atoms with Gasteiger partial charge in [-0.1, -0.05) is 71.4 Å². The third-order valence-corrected chi connectivity index (χ3v) is 8.31. The van der Waals surface area contributed by atoms with Crippen LogP contribution < -0.4 is 5.19 Å². The molecule has 1 aliphatic heterocycles. The maximum Gasteiger partial charge on any atom is 0.338 e. The summed E-state index contributed by atoms with van der Waals surface area (Å²) in [5.74, 6) is 2.53. The SMILES string of the molecule is CN1CCN(C)B1C=C1CCC/C1=C/[Si](C)(C)c1ccccc1. The topological polar surface area (TPSA) is 6.48 Å². The van der Waals surface area contributed by atoms with Gasteiger partial charge >= 0.3 is 6.98 Å². The van der Waals surface area contributed by atoms with Gasteiger partial charge in [-0.25, -0.2) is 0 Å². The summed E-state index contributed by atoms with van der Waals surface area (Å²) in [6.45, 7) is 7.77. The number of allylic oxidation sites excluding steroid dienone is 2. The quantitative estimate of drug-likeness (QED) is 0.789. The molecule has 0 aromatic heterocycles. The molecule has 0 N–H and O–H groups in total. The zero-order valence-electron chi connectivity index (χ0n) is 15.0. The van der Waals surface area contributed by atoms with E-state index in [1.807, 2.05) is 0 Å². The van der Waals surface area contributed by atoms with Gasteiger partial charge in [0.05, 0.1) is 0 Å². The van der Waals surface area contributed by atoms with Crippen LogP contribution in [0.1, 0.15) is 19.3 Å². The minimum Gasteiger partial charge on any atom is -0.326 e. The van der Waals surface area contributed by atoms with Crippen LogP contribution in [0.5, 0.6) is 0 Å². The lowest BCUT2D eigenvalue weighted by Crippen LogP contribution is -2.40. The maximum absolute atomic E-state index is 2.65. The van der Waals surface area contributed by atoms with Crippen molar-refractivity contribution in [2.24, 2.45) is 0 Å². The Morgan fingerprint density at radius 3 is 2.22 bits per heavy atom. The van der Waals surface area contributed by atoms with Crippen molar-refractivity contribution in [3.05, 3.63) is 53.2 Å². The number of hydrogen-bond acceptors (Lipinski definition) is 2. The molecule has 0 bridgehead atoms. The second kappa shape index (κ2) is 6.80. The van der Waals surface area contributed by atoms with E-state index in [0.29, 0.717) is 6.98 Å². The fourth-order valence-electron chi connectivity index (χ4n) is 3.88. The highest BCUT2D eigenvalue weighted by Crippen LogP contribution is 2.32. The van der Waals surface area contributed by atoms with Crippen molar-refractivity contribution in [1.29, 1.82) is 0 Å². The summed E-state index contributed by atoms with van der Waals surface area (Å²) in [5, 5.41) is 1.54. The van der Waals surface area contributed by atoms with Gasteiger partial charge in [0.25, 0.3) is 0 Å². The summed E-state index contributed by atoms with van der Waals surface area (Å²) in [4.78, 5) is 4.92. The van der Waals surface area contributed by atoms with Crippen LogP contribution in [-0.2, 0) is 0 Å². The van der Waals surface area contributed by atoms with Crippen molar-refractivity contribution in [2.75, 3.05) is 27.2 Å². The molecule has 2 fully saturated rings. The van der Waals surface area contributed by atoms with Crippen LogP contribution in [0.4, 0.5) is 0 Å². The Labute approximate surface area is 143 Å². The fourth-order valence-corrected chi connectivity index (χ4v) is 6.30. The lowest BCUT2D eigenvalue weighted by molar-refractivity contribution is 0.553. The third-order valence-electron chi connectivity index (χ3n) is 5.42.